The van der Waals surface area contributed by atoms with E-state index in [0.717, 1.165) is 44.4 Å². The van der Waals surface area contributed by atoms with Crippen molar-refractivity contribution in [3.63, 3.8) is 0 Å². The molecule has 0 unspecified atom stereocenters. The van der Waals surface area contributed by atoms with Crippen LogP contribution in [-0.2, 0) is 10.8 Å². The summed E-state index contributed by atoms with van der Waals surface area (Å²) in [6.07, 6.45) is 0. The predicted octanol–water partition coefficient (Wildman–Crippen LogP) is 15.0. The van der Waals surface area contributed by atoms with Gasteiger partial charge in [-0.25, -0.2) is 0 Å². The van der Waals surface area contributed by atoms with Crippen molar-refractivity contribution >= 4 is 39.0 Å². The number of furan rings is 1. The monoisotopic (exact) mass is 719 g/mol. The Morgan fingerprint density at radius 1 is 0.375 bits per heavy atom. The molecule has 0 saturated carbocycles. The summed E-state index contributed by atoms with van der Waals surface area (Å²) < 4.78 is 7.06. The maximum atomic E-state index is 7.06. The number of para-hydroxylation sites is 1. The fourth-order valence-electron chi connectivity index (χ4n) is 9.86. The molecule has 2 nitrogen and oxygen atoms in total. The highest BCUT2D eigenvalue weighted by Gasteiger charge is 2.39. The van der Waals surface area contributed by atoms with Gasteiger partial charge in [0.05, 0.1) is 5.69 Å². The maximum absolute atomic E-state index is 7.06. The van der Waals surface area contributed by atoms with Crippen molar-refractivity contribution in [3.05, 3.63) is 198 Å². The third-order valence-corrected chi connectivity index (χ3v) is 12.7. The van der Waals surface area contributed by atoms with E-state index in [1.54, 1.807) is 0 Å². The minimum absolute atomic E-state index is 0.0909. The first-order valence-electron chi connectivity index (χ1n) is 19.7. The summed E-state index contributed by atoms with van der Waals surface area (Å²) in [7, 11) is 0. The standard InChI is InChI=1S/C54H41NO/c1-53(2)44-23-10-8-19-42(44)49-46(53)25-14-26-48(49)55(37-29-27-35(28-30-37)34-15-6-5-7-16-34)38-18-12-17-36(33-38)39-21-13-22-40-41-31-32-47-50(52(41)56-51(39)40)43-20-9-11-24-45(43)54(47,3)4/h5-33H,1-4H3. The summed E-state index contributed by atoms with van der Waals surface area (Å²) in [5.74, 6) is 0. The number of hydrogen-bond acceptors (Lipinski definition) is 2. The number of anilines is 3. The Hall–Kier alpha value is -6.64. The fraction of sp³-hybridized carbons (Fsp3) is 0.111. The lowest BCUT2D eigenvalue weighted by Gasteiger charge is -2.29. The first-order valence-corrected chi connectivity index (χ1v) is 19.7. The molecule has 0 radical (unpaired) electrons. The minimum atomic E-state index is -0.112. The molecule has 0 fully saturated rings. The van der Waals surface area contributed by atoms with Gasteiger partial charge in [-0.1, -0.05) is 173 Å². The van der Waals surface area contributed by atoms with Crippen molar-refractivity contribution in [3.8, 4) is 44.5 Å². The van der Waals surface area contributed by atoms with E-state index in [1.807, 2.05) is 0 Å². The smallest absolute Gasteiger partial charge is 0.143 e. The van der Waals surface area contributed by atoms with Crippen LogP contribution in [0, 0.1) is 0 Å². The minimum Gasteiger partial charge on any atom is -0.455 e. The van der Waals surface area contributed by atoms with Gasteiger partial charge in [-0.2, -0.15) is 0 Å². The quantitative estimate of drug-likeness (QED) is 0.176. The molecule has 2 aliphatic carbocycles. The molecule has 0 spiro atoms. The van der Waals surface area contributed by atoms with Crippen LogP contribution in [0.5, 0.6) is 0 Å². The molecular weight excluding hydrogens is 679 g/mol. The molecule has 0 bridgehead atoms. The van der Waals surface area contributed by atoms with Gasteiger partial charge in [-0.15, -0.1) is 0 Å². The van der Waals surface area contributed by atoms with Gasteiger partial charge in [0.2, 0.25) is 0 Å². The van der Waals surface area contributed by atoms with Gasteiger partial charge < -0.3 is 9.32 Å². The second kappa shape index (κ2) is 11.9. The summed E-state index contributed by atoms with van der Waals surface area (Å²) >= 11 is 0. The Balaban J connectivity index is 1.11. The maximum Gasteiger partial charge on any atom is 0.143 e. The van der Waals surface area contributed by atoms with E-state index >= 15 is 0 Å². The van der Waals surface area contributed by atoms with Crippen LogP contribution in [-0.4, -0.2) is 0 Å². The number of rotatable bonds is 5. The largest absolute Gasteiger partial charge is 0.455 e. The van der Waals surface area contributed by atoms with Crippen molar-refractivity contribution in [2.75, 3.05) is 4.90 Å². The van der Waals surface area contributed by atoms with Gasteiger partial charge in [0.25, 0.3) is 0 Å². The van der Waals surface area contributed by atoms with Crippen LogP contribution < -0.4 is 4.90 Å². The van der Waals surface area contributed by atoms with Gasteiger partial charge in [0.15, 0.2) is 0 Å². The van der Waals surface area contributed by atoms with E-state index in [9.17, 15) is 0 Å². The van der Waals surface area contributed by atoms with Crippen molar-refractivity contribution in [1.82, 2.24) is 0 Å². The average Bonchev–Trinajstić information content (AvgIpc) is 3.82. The Labute approximate surface area is 328 Å². The lowest BCUT2D eigenvalue weighted by atomic mass is 9.82. The van der Waals surface area contributed by atoms with Crippen molar-refractivity contribution < 1.29 is 4.42 Å². The molecule has 1 aromatic heterocycles. The topological polar surface area (TPSA) is 16.4 Å². The average molecular weight is 720 g/mol. The molecule has 0 saturated heterocycles. The van der Waals surface area contributed by atoms with Crippen LogP contribution >= 0.6 is 0 Å². The Morgan fingerprint density at radius 2 is 0.929 bits per heavy atom. The molecule has 56 heavy (non-hydrogen) atoms. The number of fused-ring (bicyclic) bond motifs is 10. The molecule has 9 aromatic rings. The highest BCUT2D eigenvalue weighted by molar-refractivity contribution is 6.14. The van der Waals surface area contributed by atoms with E-state index in [0.29, 0.717) is 0 Å². The molecule has 268 valence electrons. The lowest BCUT2D eigenvalue weighted by molar-refractivity contribution is 0.653. The molecule has 1 heterocycles. The van der Waals surface area contributed by atoms with Gasteiger partial charge >= 0.3 is 0 Å². The highest BCUT2D eigenvalue weighted by atomic mass is 16.3. The van der Waals surface area contributed by atoms with Crippen LogP contribution in [0.3, 0.4) is 0 Å². The molecule has 0 N–H and O–H groups in total. The number of hydrogen-bond donors (Lipinski definition) is 0. The summed E-state index contributed by atoms with van der Waals surface area (Å²) in [5.41, 5.74) is 20.2. The Kier molecular flexibility index (Phi) is 6.98. The molecule has 2 heteroatoms. The van der Waals surface area contributed by atoms with Crippen LogP contribution in [0.4, 0.5) is 17.1 Å². The lowest BCUT2D eigenvalue weighted by Crippen LogP contribution is -2.16. The van der Waals surface area contributed by atoms with E-state index in [4.69, 9.17) is 4.42 Å². The van der Waals surface area contributed by atoms with Gasteiger partial charge in [0, 0.05) is 49.7 Å². The van der Waals surface area contributed by atoms with E-state index in [2.05, 4.69) is 209 Å². The zero-order chi connectivity index (χ0) is 37.8. The summed E-state index contributed by atoms with van der Waals surface area (Å²) in [6, 6.07) is 64.4. The van der Waals surface area contributed by atoms with Crippen LogP contribution in [0.25, 0.3) is 66.4 Å². The highest BCUT2D eigenvalue weighted by Crippen LogP contribution is 2.55. The fourth-order valence-corrected chi connectivity index (χ4v) is 9.86. The molecule has 11 rings (SSSR count). The second-order valence-electron chi connectivity index (χ2n) is 16.5. The molecule has 0 aliphatic heterocycles. The summed E-state index contributed by atoms with van der Waals surface area (Å²) in [5, 5.41) is 2.30. The SMILES string of the molecule is CC1(C)c2ccccc2-c2c(N(c3ccc(-c4ccccc4)cc3)c3cccc(-c4cccc5c4oc4c6c(ccc45)C(C)(C)c4ccccc4-6)c3)cccc21. The Morgan fingerprint density at radius 3 is 1.68 bits per heavy atom. The van der Waals surface area contributed by atoms with Crippen molar-refractivity contribution in [1.29, 1.82) is 0 Å². The van der Waals surface area contributed by atoms with Crippen LogP contribution in [0.2, 0.25) is 0 Å². The zero-order valence-electron chi connectivity index (χ0n) is 32.1. The third-order valence-electron chi connectivity index (χ3n) is 12.7. The molecular formula is C54H41NO. The first-order chi connectivity index (χ1) is 27.3. The Bertz CT molecular complexity index is 3020. The van der Waals surface area contributed by atoms with E-state index in [1.165, 1.54) is 61.3 Å². The van der Waals surface area contributed by atoms with E-state index in [-0.39, 0.29) is 10.8 Å². The van der Waals surface area contributed by atoms with Crippen LogP contribution in [0.1, 0.15) is 49.9 Å². The normalized spacial score (nSPS) is 14.4. The van der Waals surface area contributed by atoms with Gasteiger partial charge in [-0.05, 0) is 80.4 Å². The number of nitrogens with zero attached hydrogens (tertiary/aromatic N) is 1. The molecule has 2 aliphatic rings. The van der Waals surface area contributed by atoms with Gasteiger partial charge in [0.1, 0.15) is 11.2 Å². The van der Waals surface area contributed by atoms with E-state index < -0.39 is 0 Å². The number of benzene rings is 8. The summed E-state index contributed by atoms with van der Waals surface area (Å²) in [6.45, 7) is 9.35. The summed E-state index contributed by atoms with van der Waals surface area (Å²) in [4.78, 5) is 2.44. The molecule has 0 amide bonds. The van der Waals surface area contributed by atoms with Gasteiger partial charge in [-0.3, -0.25) is 0 Å². The third kappa shape index (κ3) is 4.62. The first kappa shape index (κ1) is 32.8. The zero-order valence-corrected chi connectivity index (χ0v) is 32.1. The van der Waals surface area contributed by atoms with Crippen molar-refractivity contribution in [2.45, 2.75) is 38.5 Å². The molecule has 0 atom stereocenters. The molecule has 8 aromatic carbocycles. The van der Waals surface area contributed by atoms with Crippen molar-refractivity contribution in [2.24, 2.45) is 0 Å². The van der Waals surface area contributed by atoms with Crippen LogP contribution in [0.15, 0.2) is 180 Å². The second-order valence-corrected chi connectivity index (χ2v) is 16.5. The predicted molar refractivity (Wildman–Crippen MR) is 234 cm³/mol.